The first-order chi connectivity index (χ1) is 8.17. The van der Waals surface area contributed by atoms with E-state index in [0.717, 1.165) is 30.6 Å². The second kappa shape index (κ2) is 6.89. The Kier molecular flexibility index (Phi) is 5.46. The Morgan fingerprint density at radius 2 is 2.24 bits per heavy atom. The summed E-state index contributed by atoms with van der Waals surface area (Å²) in [5.41, 5.74) is 1.80. The number of unbranched alkanes of at least 4 members (excludes halogenated alkanes) is 1. The quantitative estimate of drug-likeness (QED) is 0.713. The number of pyridine rings is 1. The molecule has 0 N–H and O–H groups in total. The molecule has 4 heteroatoms. The molecule has 0 fully saturated rings. The molecule has 0 aliphatic heterocycles. The predicted octanol–water partition coefficient (Wildman–Crippen LogP) is 2.50. The molecule has 0 atom stereocenters. The van der Waals surface area contributed by atoms with Crippen LogP contribution in [0, 0.1) is 0 Å². The molecular formula is C13H19NO3. The van der Waals surface area contributed by atoms with Crippen LogP contribution in [0.4, 0.5) is 0 Å². The van der Waals surface area contributed by atoms with E-state index in [2.05, 4.69) is 11.9 Å². The molecule has 0 aliphatic carbocycles. The summed E-state index contributed by atoms with van der Waals surface area (Å²) in [6, 6.07) is 1.83. The largest absolute Gasteiger partial charge is 0.496 e. The Bertz CT molecular complexity index is 377. The summed E-state index contributed by atoms with van der Waals surface area (Å²) in [4.78, 5) is 15.0. The van der Waals surface area contributed by atoms with Crippen molar-refractivity contribution in [2.75, 3.05) is 7.11 Å². The fraction of sp³-hybridized carbons (Fsp3) is 0.538. The molecule has 0 amide bonds. The number of aromatic nitrogens is 1. The Balaban J connectivity index is 2.73. The van der Waals surface area contributed by atoms with Crippen molar-refractivity contribution >= 4 is 5.97 Å². The van der Waals surface area contributed by atoms with Gasteiger partial charge in [0.15, 0.2) is 0 Å². The van der Waals surface area contributed by atoms with E-state index in [-0.39, 0.29) is 12.6 Å². The monoisotopic (exact) mass is 237 g/mol. The number of carbonyl (C=O) groups excluding carboxylic acids is 1. The van der Waals surface area contributed by atoms with Crippen LogP contribution in [-0.2, 0) is 22.6 Å². The molecular weight excluding hydrogens is 218 g/mol. The van der Waals surface area contributed by atoms with Crippen LogP contribution in [0.5, 0.6) is 5.75 Å². The maximum Gasteiger partial charge on any atom is 0.303 e. The molecule has 94 valence electrons. The number of hydrogen-bond acceptors (Lipinski definition) is 4. The number of esters is 1. The molecule has 0 saturated heterocycles. The van der Waals surface area contributed by atoms with Crippen LogP contribution in [0.25, 0.3) is 0 Å². The van der Waals surface area contributed by atoms with E-state index in [4.69, 9.17) is 9.47 Å². The van der Waals surface area contributed by atoms with E-state index < -0.39 is 0 Å². The third kappa shape index (κ3) is 4.43. The lowest BCUT2D eigenvalue weighted by Gasteiger charge is -2.09. The lowest BCUT2D eigenvalue weighted by molar-refractivity contribution is -0.142. The minimum Gasteiger partial charge on any atom is -0.496 e. The molecule has 1 heterocycles. The van der Waals surface area contributed by atoms with Gasteiger partial charge in [0.05, 0.1) is 12.8 Å². The van der Waals surface area contributed by atoms with Crippen molar-refractivity contribution in [1.29, 1.82) is 0 Å². The fourth-order valence-corrected chi connectivity index (χ4v) is 1.51. The summed E-state index contributed by atoms with van der Waals surface area (Å²) in [6.45, 7) is 3.72. The minimum absolute atomic E-state index is 0.194. The standard InChI is InChI=1S/C13H19NO3/c1-4-5-6-11-8-14-12(7-13(11)16-3)9-17-10(2)15/h7-8H,4-6,9H2,1-3H3. The van der Waals surface area contributed by atoms with Gasteiger partial charge in [0.25, 0.3) is 0 Å². The Hall–Kier alpha value is -1.58. The van der Waals surface area contributed by atoms with Gasteiger partial charge in [-0.3, -0.25) is 9.78 Å². The summed E-state index contributed by atoms with van der Waals surface area (Å²) in [7, 11) is 1.64. The first-order valence-electron chi connectivity index (χ1n) is 5.82. The topological polar surface area (TPSA) is 48.4 Å². The Morgan fingerprint density at radius 3 is 2.82 bits per heavy atom. The van der Waals surface area contributed by atoms with Crippen LogP contribution in [0.15, 0.2) is 12.3 Å². The van der Waals surface area contributed by atoms with Crippen molar-refractivity contribution in [3.05, 3.63) is 23.5 Å². The molecule has 0 spiro atoms. The van der Waals surface area contributed by atoms with Gasteiger partial charge < -0.3 is 9.47 Å². The van der Waals surface area contributed by atoms with Crippen molar-refractivity contribution < 1.29 is 14.3 Å². The Morgan fingerprint density at radius 1 is 1.47 bits per heavy atom. The zero-order valence-electron chi connectivity index (χ0n) is 10.7. The molecule has 17 heavy (non-hydrogen) atoms. The minimum atomic E-state index is -0.305. The van der Waals surface area contributed by atoms with Crippen molar-refractivity contribution in [1.82, 2.24) is 4.98 Å². The molecule has 0 aromatic carbocycles. The van der Waals surface area contributed by atoms with Gasteiger partial charge in [-0.15, -0.1) is 0 Å². The summed E-state index contributed by atoms with van der Waals surface area (Å²) in [5.74, 6) is 0.511. The van der Waals surface area contributed by atoms with E-state index in [9.17, 15) is 4.79 Å². The van der Waals surface area contributed by atoms with E-state index in [1.54, 1.807) is 13.3 Å². The van der Waals surface area contributed by atoms with Crippen LogP contribution < -0.4 is 4.74 Å². The highest BCUT2D eigenvalue weighted by atomic mass is 16.5. The van der Waals surface area contributed by atoms with E-state index in [1.165, 1.54) is 6.92 Å². The van der Waals surface area contributed by atoms with Crippen molar-refractivity contribution in [2.45, 2.75) is 39.7 Å². The lowest BCUT2D eigenvalue weighted by atomic mass is 10.1. The number of nitrogens with zero attached hydrogens (tertiary/aromatic N) is 1. The van der Waals surface area contributed by atoms with Crippen LogP contribution in [-0.4, -0.2) is 18.1 Å². The second-order valence-electron chi connectivity index (χ2n) is 3.87. The third-order valence-electron chi connectivity index (χ3n) is 2.44. The van der Waals surface area contributed by atoms with E-state index >= 15 is 0 Å². The van der Waals surface area contributed by atoms with Crippen LogP contribution >= 0.6 is 0 Å². The molecule has 0 aliphatic rings. The van der Waals surface area contributed by atoms with Gasteiger partial charge in [-0.25, -0.2) is 0 Å². The molecule has 1 aromatic rings. The van der Waals surface area contributed by atoms with Gasteiger partial charge in [0.2, 0.25) is 0 Å². The van der Waals surface area contributed by atoms with Crippen LogP contribution in [0.1, 0.15) is 37.9 Å². The highest BCUT2D eigenvalue weighted by Crippen LogP contribution is 2.20. The number of aryl methyl sites for hydroxylation is 1. The van der Waals surface area contributed by atoms with Crippen molar-refractivity contribution in [3.8, 4) is 5.75 Å². The molecule has 0 radical (unpaired) electrons. The van der Waals surface area contributed by atoms with Crippen LogP contribution in [0.2, 0.25) is 0 Å². The summed E-state index contributed by atoms with van der Waals surface area (Å²) < 4.78 is 10.2. The average Bonchev–Trinajstić information content (AvgIpc) is 2.34. The zero-order chi connectivity index (χ0) is 12.7. The van der Waals surface area contributed by atoms with Gasteiger partial charge >= 0.3 is 5.97 Å². The molecule has 4 nitrogen and oxygen atoms in total. The second-order valence-corrected chi connectivity index (χ2v) is 3.87. The first kappa shape index (κ1) is 13.5. The number of ether oxygens (including phenoxy) is 2. The average molecular weight is 237 g/mol. The van der Waals surface area contributed by atoms with Crippen molar-refractivity contribution in [2.24, 2.45) is 0 Å². The van der Waals surface area contributed by atoms with Gasteiger partial charge in [0.1, 0.15) is 12.4 Å². The number of rotatable bonds is 6. The lowest BCUT2D eigenvalue weighted by Crippen LogP contribution is -2.02. The highest BCUT2D eigenvalue weighted by molar-refractivity contribution is 5.65. The number of carbonyl (C=O) groups is 1. The predicted molar refractivity (Wildman–Crippen MR) is 64.9 cm³/mol. The van der Waals surface area contributed by atoms with E-state index in [0.29, 0.717) is 5.69 Å². The van der Waals surface area contributed by atoms with Gasteiger partial charge in [-0.1, -0.05) is 13.3 Å². The number of methoxy groups -OCH3 is 1. The maximum absolute atomic E-state index is 10.7. The summed E-state index contributed by atoms with van der Waals surface area (Å²) in [6.07, 6.45) is 5.01. The zero-order valence-corrected chi connectivity index (χ0v) is 10.7. The molecule has 1 aromatic heterocycles. The highest BCUT2D eigenvalue weighted by Gasteiger charge is 2.06. The van der Waals surface area contributed by atoms with Gasteiger partial charge in [0, 0.05) is 24.8 Å². The molecule has 0 unspecified atom stereocenters. The molecule has 0 saturated carbocycles. The third-order valence-corrected chi connectivity index (χ3v) is 2.44. The van der Waals surface area contributed by atoms with Crippen molar-refractivity contribution in [3.63, 3.8) is 0 Å². The van der Waals surface area contributed by atoms with Gasteiger partial charge in [-0.2, -0.15) is 0 Å². The van der Waals surface area contributed by atoms with Crippen LogP contribution in [0.3, 0.4) is 0 Å². The van der Waals surface area contributed by atoms with Gasteiger partial charge in [-0.05, 0) is 12.8 Å². The fourth-order valence-electron chi connectivity index (χ4n) is 1.51. The Labute approximate surface area is 102 Å². The normalized spacial score (nSPS) is 10.1. The molecule has 0 bridgehead atoms. The SMILES string of the molecule is CCCCc1cnc(COC(C)=O)cc1OC. The van der Waals surface area contributed by atoms with E-state index in [1.807, 2.05) is 6.07 Å². The molecule has 1 rings (SSSR count). The maximum atomic E-state index is 10.7. The summed E-state index contributed by atoms with van der Waals surface area (Å²) in [5, 5.41) is 0. The smallest absolute Gasteiger partial charge is 0.303 e. The number of hydrogen-bond donors (Lipinski definition) is 0. The first-order valence-corrected chi connectivity index (χ1v) is 5.82. The summed E-state index contributed by atoms with van der Waals surface area (Å²) >= 11 is 0.